The van der Waals surface area contributed by atoms with E-state index in [0.717, 1.165) is 154 Å². The van der Waals surface area contributed by atoms with Crippen LogP contribution in [-0.4, -0.2) is 37.2 Å². The lowest BCUT2D eigenvalue weighted by atomic mass is 10.0. The van der Waals surface area contributed by atoms with Gasteiger partial charge in [0.1, 0.15) is 13.2 Å². The standard InChI is InChI=1S/C76H118O6/c1-4-7-10-13-16-19-22-25-27-29-30-31-32-33-34-35-36-37-38-39-40-41-42-43-44-45-46-48-49-51-54-57-60-63-66-69-75(78)81-72-73(71-80-74(77)68-65-62-59-56-53-24-21-18-15-12-9-6-3)82-76(79)70-67-64-61-58-55-52-50-47-28-26-23-20-17-14-11-8-5-2/h7-8,10-11,16-17,19-20,25-28,30-31,33-34,36-37,39-40,42-43,45-46,49-52,58,61,73H,4-6,9,12-15,18,21-24,29,32,35,38,41,44,47-48,53-57,59-60,62-72H2,1-3H3/b10-7-,11-8-,19-16-,20-17-,27-25-,28-26-,31-30-,34-33-,37-36-,40-39-,43-42-,46-45-,51-49-,52-50-,61-58-. The molecule has 0 bridgehead atoms. The molecule has 0 saturated heterocycles. The number of allylic oxidation sites excluding steroid dienone is 30. The predicted octanol–water partition coefficient (Wildman–Crippen LogP) is 22.8. The lowest BCUT2D eigenvalue weighted by Crippen LogP contribution is -2.30. The molecule has 1 unspecified atom stereocenters. The van der Waals surface area contributed by atoms with E-state index >= 15 is 0 Å². The number of hydrogen-bond donors (Lipinski definition) is 0. The smallest absolute Gasteiger partial charge is 0.306 e. The highest BCUT2D eigenvalue weighted by molar-refractivity contribution is 5.71. The summed E-state index contributed by atoms with van der Waals surface area (Å²) >= 11 is 0. The molecule has 0 aliphatic rings. The van der Waals surface area contributed by atoms with Crippen LogP contribution in [0.2, 0.25) is 0 Å². The van der Waals surface area contributed by atoms with Crippen molar-refractivity contribution >= 4 is 17.9 Å². The van der Waals surface area contributed by atoms with E-state index in [-0.39, 0.29) is 37.5 Å². The number of esters is 3. The number of ether oxygens (including phenoxy) is 3. The fraction of sp³-hybridized carbons (Fsp3) is 0.566. The summed E-state index contributed by atoms with van der Waals surface area (Å²) in [6.45, 7) is 6.33. The van der Waals surface area contributed by atoms with Crippen molar-refractivity contribution in [1.29, 1.82) is 0 Å². The highest BCUT2D eigenvalue weighted by Crippen LogP contribution is 2.14. The molecular weight excluding hydrogens is 1010 g/mol. The van der Waals surface area contributed by atoms with Crippen LogP contribution in [0.4, 0.5) is 0 Å². The summed E-state index contributed by atoms with van der Waals surface area (Å²) in [7, 11) is 0. The summed E-state index contributed by atoms with van der Waals surface area (Å²) in [4.78, 5) is 38.2. The Labute approximate surface area is 504 Å². The molecule has 458 valence electrons. The lowest BCUT2D eigenvalue weighted by molar-refractivity contribution is -0.167. The maximum absolute atomic E-state index is 12.9. The van der Waals surface area contributed by atoms with Crippen LogP contribution in [0.3, 0.4) is 0 Å². The zero-order chi connectivity index (χ0) is 59.2. The molecule has 0 fully saturated rings. The quantitative estimate of drug-likeness (QED) is 0.0261. The molecule has 0 aromatic heterocycles. The van der Waals surface area contributed by atoms with Gasteiger partial charge in [0.15, 0.2) is 6.10 Å². The van der Waals surface area contributed by atoms with Crippen LogP contribution in [0, 0.1) is 0 Å². The third kappa shape index (κ3) is 65.3. The Balaban J connectivity index is 4.39. The molecule has 82 heavy (non-hydrogen) atoms. The van der Waals surface area contributed by atoms with Gasteiger partial charge in [0.05, 0.1) is 0 Å². The highest BCUT2D eigenvalue weighted by atomic mass is 16.6. The third-order valence-corrected chi connectivity index (χ3v) is 13.2. The van der Waals surface area contributed by atoms with Crippen molar-refractivity contribution in [2.45, 2.75) is 264 Å². The van der Waals surface area contributed by atoms with E-state index in [1.165, 1.54) is 57.8 Å². The molecule has 0 spiro atoms. The maximum atomic E-state index is 12.9. The predicted molar refractivity (Wildman–Crippen MR) is 357 cm³/mol. The normalized spacial score (nSPS) is 13.4. The zero-order valence-electron chi connectivity index (χ0n) is 52.4. The van der Waals surface area contributed by atoms with E-state index in [0.29, 0.717) is 19.3 Å². The Kier molecular flexibility index (Phi) is 63.5. The Bertz CT molecular complexity index is 1920. The second-order valence-corrected chi connectivity index (χ2v) is 20.9. The van der Waals surface area contributed by atoms with Gasteiger partial charge in [0.2, 0.25) is 0 Å². The van der Waals surface area contributed by atoms with Crippen molar-refractivity contribution in [3.05, 3.63) is 182 Å². The Hall–Kier alpha value is -5.49. The van der Waals surface area contributed by atoms with Crippen molar-refractivity contribution in [2.75, 3.05) is 13.2 Å². The van der Waals surface area contributed by atoms with E-state index in [1.54, 1.807) is 0 Å². The fourth-order valence-corrected chi connectivity index (χ4v) is 8.33. The van der Waals surface area contributed by atoms with Crippen LogP contribution in [0.25, 0.3) is 0 Å². The average molecular weight is 1130 g/mol. The summed E-state index contributed by atoms with van der Waals surface area (Å²) in [6.07, 6.45) is 102. The van der Waals surface area contributed by atoms with Crippen molar-refractivity contribution in [1.82, 2.24) is 0 Å². The first-order valence-electron chi connectivity index (χ1n) is 32.8. The molecule has 0 aliphatic carbocycles. The molecule has 0 aliphatic heterocycles. The van der Waals surface area contributed by atoms with Gasteiger partial charge >= 0.3 is 17.9 Å². The largest absolute Gasteiger partial charge is 0.462 e. The molecule has 1 atom stereocenters. The van der Waals surface area contributed by atoms with Crippen LogP contribution in [0.1, 0.15) is 258 Å². The number of carbonyl (C=O) groups is 3. The number of carbonyl (C=O) groups excluding carboxylic acids is 3. The minimum absolute atomic E-state index is 0.115. The highest BCUT2D eigenvalue weighted by Gasteiger charge is 2.19. The van der Waals surface area contributed by atoms with Crippen LogP contribution in [0.5, 0.6) is 0 Å². The second-order valence-electron chi connectivity index (χ2n) is 20.9. The van der Waals surface area contributed by atoms with Crippen LogP contribution >= 0.6 is 0 Å². The van der Waals surface area contributed by atoms with Crippen molar-refractivity contribution in [2.24, 2.45) is 0 Å². The molecule has 0 heterocycles. The van der Waals surface area contributed by atoms with E-state index < -0.39 is 6.10 Å². The topological polar surface area (TPSA) is 78.9 Å². The molecule has 0 aromatic rings. The first-order chi connectivity index (χ1) is 40.5. The molecule has 0 rings (SSSR count). The van der Waals surface area contributed by atoms with E-state index in [2.05, 4.69) is 203 Å². The second kappa shape index (κ2) is 68.0. The molecule has 0 aromatic carbocycles. The first-order valence-corrected chi connectivity index (χ1v) is 32.8. The molecule has 0 radical (unpaired) electrons. The number of hydrogen-bond acceptors (Lipinski definition) is 6. The monoisotopic (exact) mass is 1130 g/mol. The lowest BCUT2D eigenvalue weighted by Gasteiger charge is -2.18. The van der Waals surface area contributed by atoms with Gasteiger partial charge in [0.25, 0.3) is 0 Å². The van der Waals surface area contributed by atoms with Gasteiger partial charge in [0, 0.05) is 19.3 Å². The Morgan fingerprint density at radius 1 is 0.256 bits per heavy atom. The van der Waals surface area contributed by atoms with Crippen molar-refractivity contribution < 1.29 is 28.6 Å². The summed E-state index contributed by atoms with van der Waals surface area (Å²) < 4.78 is 16.8. The molecular formula is C76H118O6. The van der Waals surface area contributed by atoms with Crippen molar-refractivity contribution in [3.8, 4) is 0 Å². The van der Waals surface area contributed by atoms with Crippen LogP contribution < -0.4 is 0 Å². The zero-order valence-corrected chi connectivity index (χ0v) is 52.4. The summed E-state index contributed by atoms with van der Waals surface area (Å²) in [6, 6.07) is 0. The van der Waals surface area contributed by atoms with E-state index in [4.69, 9.17) is 14.2 Å². The van der Waals surface area contributed by atoms with Gasteiger partial charge < -0.3 is 14.2 Å². The van der Waals surface area contributed by atoms with Gasteiger partial charge in [-0.1, -0.05) is 287 Å². The Morgan fingerprint density at radius 2 is 0.488 bits per heavy atom. The molecule has 0 amide bonds. The minimum Gasteiger partial charge on any atom is -0.462 e. The number of rotatable bonds is 57. The average Bonchev–Trinajstić information content (AvgIpc) is 3.47. The first kappa shape index (κ1) is 76.5. The van der Waals surface area contributed by atoms with E-state index in [9.17, 15) is 14.4 Å². The van der Waals surface area contributed by atoms with Gasteiger partial charge in [-0.25, -0.2) is 0 Å². The summed E-state index contributed by atoms with van der Waals surface area (Å²) in [5, 5.41) is 0. The Morgan fingerprint density at radius 3 is 0.780 bits per heavy atom. The summed E-state index contributed by atoms with van der Waals surface area (Å²) in [5.41, 5.74) is 0. The van der Waals surface area contributed by atoms with E-state index in [1.807, 2.05) is 0 Å². The maximum Gasteiger partial charge on any atom is 0.306 e. The summed E-state index contributed by atoms with van der Waals surface area (Å²) in [5.74, 6) is -1.01. The van der Waals surface area contributed by atoms with Gasteiger partial charge in [-0.05, 0) is 135 Å². The SMILES string of the molecule is CC/C=C\C/C=C\C/C=C\C/C=C\C/C=C\C/C=C\C/C=C\C/C=C\C/C=C\C/C=C\CCCCCCC(=O)OCC(COC(=O)CCCCCCCCCCCCCC)OC(=O)CCC/C=C\C/C=C\C/C=C\C/C=C\C/C=C\CC. The van der Waals surface area contributed by atoms with Gasteiger partial charge in [-0.2, -0.15) is 0 Å². The fourth-order valence-electron chi connectivity index (χ4n) is 8.33. The van der Waals surface area contributed by atoms with Gasteiger partial charge in [-0.3, -0.25) is 14.4 Å². The molecule has 6 nitrogen and oxygen atoms in total. The van der Waals surface area contributed by atoms with Crippen molar-refractivity contribution in [3.63, 3.8) is 0 Å². The molecule has 0 N–H and O–H groups in total. The minimum atomic E-state index is -0.827. The van der Waals surface area contributed by atoms with Crippen LogP contribution in [-0.2, 0) is 28.6 Å². The van der Waals surface area contributed by atoms with Crippen LogP contribution in [0.15, 0.2) is 182 Å². The molecule has 6 heteroatoms. The molecule has 0 saturated carbocycles. The third-order valence-electron chi connectivity index (χ3n) is 13.2. The van der Waals surface area contributed by atoms with Gasteiger partial charge in [-0.15, -0.1) is 0 Å². The number of unbranched alkanes of at least 4 members (excludes halogenated alkanes) is 16.